The normalized spacial score (nSPS) is 35.0. The van der Waals surface area contributed by atoms with Gasteiger partial charge >= 0.3 is 0 Å². The Morgan fingerprint density at radius 2 is 1.52 bits per heavy atom. The molecule has 2 nitrogen and oxygen atoms in total. The lowest BCUT2D eigenvalue weighted by atomic mass is 9.67. The van der Waals surface area contributed by atoms with Gasteiger partial charge in [-0.3, -0.25) is 0 Å². The molecule has 0 radical (unpaired) electrons. The van der Waals surface area contributed by atoms with Gasteiger partial charge in [-0.2, -0.15) is 0 Å². The molecule has 0 amide bonds. The van der Waals surface area contributed by atoms with Crippen molar-refractivity contribution in [2.75, 3.05) is 7.11 Å². The van der Waals surface area contributed by atoms with Crippen LogP contribution >= 0.6 is 0 Å². The van der Waals surface area contributed by atoms with Crippen LogP contribution in [0.1, 0.15) is 70.3 Å². The molecule has 0 bridgehead atoms. The SMILES string of the molecule is CC[C@H]1CC[C@H](C2CCC(O)(c3ccc(OC)cc3)CC2)CC1. The van der Waals surface area contributed by atoms with Crippen LogP contribution in [0, 0.1) is 17.8 Å². The van der Waals surface area contributed by atoms with E-state index in [0.29, 0.717) is 0 Å². The first kappa shape index (κ1) is 16.8. The van der Waals surface area contributed by atoms with E-state index in [0.717, 1.165) is 41.9 Å². The van der Waals surface area contributed by atoms with Crippen molar-refractivity contribution >= 4 is 0 Å². The zero-order valence-corrected chi connectivity index (χ0v) is 14.8. The van der Waals surface area contributed by atoms with E-state index >= 15 is 0 Å². The van der Waals surface area contributed by atoms with Gasteiger partial charge in [-0.15, -0.1) is 0 Å². The van der Waals surface area contributed by atoms with Gasteiger partial charge in [0.05, 0.1) is 12.7 Å². The molecule has 0 spiro atoms. The summed E-state index contributed by atoms with van der Waals surface area (Å²) in [6.45, 7) is 2.33. The highest BCUT2D eigenvalue weighted by Crippen LogP contribution is 2.46. The molecule has 0 atom stereocenters. The van der Waals surface area contributed by atoms with Gasteiger partial charge in [-0.25, -0.2) is 0 Å². The van der Waals surface area contributed by atoms with Crippen molar-refractivity contribution in [1.29, 1.82) is 0 Å². The average Bonchev–Trinajstić information content (AvgIpc) is 2.62. The summed E-state index contributed by atoms with van der Waals surface area (Å²) in [5.41, 5.74) is 0.440. The molecule has 23 heavy (non-hydrogen) atoms. The van der Waals surface area contributed by atoms with E-state index in [9.17, 15) is 5.11 Å². The third-order valence-electron chi connectivity index (χ3n) is 6.62. The Morgan fingerprint density at radius 3 is 2.04 bits per heavy atom. The summed E-state index contributed by atoms with van der Waals surface area (Å²) >= 11 is 0. The summed E-state index contributed by atoms with van der Waals surface area (Å²) in [5.74, 6) is 3.59. The maximum Gasteiger partial charge on any atom is 0.118 e. The number of aliphatic hydroxyl groups is 1. The topological polar surface area (TPSA) is 29.5 Å². The Balaban J connectivity index is 1.56. The Bertz CT molecular complexity index is 477. The molecule has 3 rings (SSSR count). The lowest BCUT2D eigenvalue weighted by Crippen LogP contribution is -2.34. The minimum absolute atomic E-state index is 0.622. The van der Waals surface area contributed by atoms with Crippen molar-refractivity contribution in [3.63, 3.8) is 0 Å². The number of methoxy groups -OCH3 is 1. The first-order valence-corrected chi connectivity index (χ1v) is 9.51. The summed E-state index contributed by atoms with van der Waals surface area (Å²) < 4.78 is 5.22. The molecule has 2 aliphatic rings. The Labute approximate surface area is 141 Å². The maximum absolute atomic E-state index is 11.1. The fourth-order valence-electron chi connectivity index (χ4n) is 4.85. The number of rotatable bonds is 4. The number of ether oxygens (including phenoxy) is 1. The van der Waals surface area contributed by atoms with Gasteiger partial charge in [0.2, 0.25) is 0 Å². The van der Waals surface area contributed by atoms with E-state index in [1.165, 1.54) is 44.9 Å². The van der Waals surface area contributed by atoms with Crippen molar-refractivity contribution < 1.29 is 9.84 Å². The number of hydrogen-bond donors (Lipinski definition) is 1. The molecular formula is C21H32O2. The van der Waals surface area contributed by atoms with Gasteiger partial charge < -0.3 is 9.84 Å². The van der Waals surface area contributed by atoms with Crippen molar-refractivity contribution in [2.45, 2.75) is 70.3 Å². The quantitative estimate of drug-likeness (QED) is 0.818. The van der Waals surface area contributed by atoms with Gasteiger partial charge in [0.1, 0.15) is 5.75 Å². The summed E-state index contributed by atoms with van der Waals surface area (Å²) in [6.07, 6.45) is 11.3. The van der Waals surface area contributed by atoms with E-state index < -0.39 is 5.60 Å². The van der Waals surface area contributed by atoms with Crippen molar-refractivity contribution in [3.05, 3.63) is 29.8 Å². The second-order valence-electron chi connectivity index (χ2n) is 7.79. The fraction of sp³-hybridized carbons (Fsp3) is 0.714. The predicted molar refractivity (Wildman–Crippen MR) is 94.6 cm³/mol. The zero-order chi connectivity index (χ0) is 16.3. The lowest BCUT2D eigenvalue weighted by molar-refractivity contribution is -0.0260. The lowest BCUT2D eigenvalue weighted by Gasteiger charge is -2.41. The maximum atomic E-state index is 11.1. The Kier molecular flexibility index (Phi) is 5.31. The molecule has 0 saturated heterocycles. The summed E-state index contributed by atoms with van der Waals surface area (Å²) in [6, 6.07) is 7.99. The molecule has 0 aliphatic heterocycles. The first-order chi connectivity index (χ1) is 11.1. The molecule has 0 heterocycles. The monoisotopic (exact) mass is 316 g/mol. The van der Waals surface area contributed by atoms with E-state index in [2.05, 4.69) is 6.92 Å². The number of benzene rings is 1. The zero-order valence-electron chi connectivity index (χ0n) is 14.8. The van der Waals surface area contributed by atoms with Gasteiger partial charge in [0.25, 0.3) is 0 Å². The summed E-state index contributed by atoms with van der Waals surface area (Å²) in [4.78, 5) is 0. The van der Waals surface area contributed by atoms with Crippen LogP contribution in [0.25, 0.3) is 0 Å². The van der Waals surface area contributed by atoms with Crippen LogP contribution in [0.15, 0.2) is 24.3 Å². The van der Waals surface area contributed by atoms with E-state index in [4.69, 9.17) is 4.74 Å². The van der Waals surface area contributed by atoms with Crippen molar-refractivity contribution in [2.24, 2.45) is 17.8 Å². The van der Waals surface area contributed by atoms with Crippen LogP contribution in [0.4, 0.5) is 0 Å². The molecule has 128 valence electrons. The van der Waals surface area contributed by atoms with E-state index in [1.54, 1.807) is 7.11 Å². The summed E-state index contributed by atoms with van der Waals surface area (Å²) in [5, 5.41) is 11.1. The van der Waals surface area contributed by atoms with Crippen LogP contribution in [0.5, 0.6) is 5.75 Å². The average molecular weight is 316 g/mol. The largest absolute Gasteiger partial charge is 0.497 e. The Hall–Kier alpha value is -1.02. The van der Waals surface area contributed by atoms with E-state index in [1.807, 2.05) is 24.3 Å². The minimum atomic E-state index is -0.622. The predicted octanol–water partition coefficient (Wildman–Crippen LogP) is 5.29. The highest BCUT2D eigenvalue weighted by atomic mass is 16.5. The van der Waals surface area contributed by atoms with Crippen LogP contribution in [0.3, 0.4) is 0 Å². The molecule has 2 saturated carbocycles. The molecule has 1 aromatic rings. The van der Waals surface area contributed by atoms with Crippen LogP contribution in [0.2, 0.25) is 0 Å². The molecule has 2 fully saturated rings. The second-order valence-corrected chi connectivity index (χ2v) is 7.79. The third-order valence-corrected chi connectivity index (χ3v) is 6.62. The fourth-order valence-corrected chi connectivity index (χ4v) is 4.85. The van der Waals surface area contributed by atoms with Crippen LogP contribution in [-0.2, 0) is 5.60 Å². The molecule has 0 aromatic heterocycles. The van der Waals surface area contributed by atoms with Gasteiger partial charge in [-0.05, 0) is 74.0 Å². The number of hydrogen-bond acceptors (Lipinski definition) is 2. The Morgan fingerprint density at radius 1 is 0.957 bits per heavy atom. The second kappa shape index (κ2) is 7.25. The van der Waals surface area contributed by atoms with E-state index in [-0.39, 0.29) is 0 Å². The van der Waals surface area contributed by atoms with Crippen molar-refractivity contribution in [1.82, 2.24) is 0 Å². The van der Waals surface area contributed by atoms with Crippen molar-refractivity contribution in [3.8, 4) is 5.75 Å². The molecule has 2 heteroatoms. The molecular weight excluding hydrogens is 284 g/mol. The first-order valence-electron chi connectivity index (χ1n) is 9.51. The molecule has 0 unspecified atom stereocenters. The molecule has 1 aromatic carbocycles. The highest BCUT2D eigenvalue weighted by molar-refractivity contribution is 5.31. The minimum Gasteiger partial charge on any atom is -0.497 e. The van der Waals surface area contributed by atoms with Crippen LogP contribution in [-0.4, -0.2) is 12.2 Å². The third kappa shape index (κ3) is 3.74. The summed E-state index contributed by atoms with van der Waals surface area (Å²) in [7, 11) is 1.68. The smallest absolute Gasteiger partial charge is 0.118 e. The van der Waals surface area contributed by atoms with Gasteiger partial charge in [-0.1, -0.05) is 38.3 Å². The van der Waals surface area contributed by atoms with Crippen LogP contribution < -0.4 is 4.74 Å². The van der Waals surface area contributed by atoms with Gasteiger partial charge in [0.15, 0.2) is 0 Å². The van der Waals surface area contributed by atoms with Gasteiger partial charge in [0, 0.05) is 0 Å². The highest BCUT2D eigenvalue weighted by Gasteiger charge is 2.38. The molecule has 1 N–H and O–H groups in total. The molecule has 2 aliphatic carbocycles. The standard InChI is InChI=1S/C21H32O2/c1-3-16-4-6-17(7-5-16)18-12-14-21(22,15-13-18)19-8-10-20(23-2)11-9-19/h8-11,16-18,22H,3-7,12-15H2,1-2H3/t16-,17-,18?,21?.